The second-order valence-corrected chi connectivity index (χ2v) is 7.55. The van der Waals surface area contributed by atoms with Gasteiger partial charge in [-0.3, -0.25) is 0 Å². The molecule has 0 spiro atoms. The third-order valence-corrected chi connectivity index (χ3v) is 5.40. The molecule has 0 saturated heterocycles. The quantitative estimate of drug-likeness (QED) is 0.626. The molecule has 1 aromatic rings. The Balaban J connectivity index is 1.29. The first-order valence-electron chi connectivity index (χ1n) is 9.20. The molecule has 0 bridgehead atoms. The average Bonchev–Trinajstić information content (AvgIpc) is 3.02. The highest BCUT2D eigenvalue weighted by molar-refractivity contribution is 6.30. The maximum Gasteiger partial charge on any atom is 0.0893 e. The third-order valence-electron chi connectivity index (χ3n) is 5.14. The predicted molar refractivity (Wildman–Crippen MR) is 98.4 cm³/mol. The highest BCUT2D eigenvalue weighted by Crippen LogP contribution is 2.25. The van der Waals surface area contributed by atoms with Crippen molar-refractivity contribution >= 4 is 11.6 Å². The molecular formula is C20H29ClN2. The van der Waals surface area contributed by atoms with Gasteiger partial charge in [0.05, 0.1) is 6.67 Å². The second kappa shape index (κ2) is 8.63. The molecule has 3 rings (SSSR count). The Kier molecular flexibility index (Phi) is 6.27. The van der Waals surface area contributed by atoms with E-state index in [-0.39, 0.29) is 0 Å². The minimum absolute atomic E-state index is 0.828. The normalized spacial score (nSPS) is 18.8. The lowest BCUT2D eigenvalue weighted by Gasteiger charge is -2.28. The fraction of sp³-hybridized carbons (Fsp3) is 0.600. The van der Waals surface area contributed by atoms with Crippen LogP contribution >= 0.6 is 11.6 Å². The van der Waals surface area contributed by atoms with Crippen molar-refractivity contribution in [3.05, 3.63) is 47.3 Å². The average molecular weight is 333 g/mol. The summed E-state index contributed by atoms with van der Waals surface area (Å²) in [6, 6.07) is 8.26. The first-order chi connectivity index (χ1) is 11.3. The molecule has 126 valence electrons. The van der Waals surface area contributed by atoms with Gasteiger partial charge in [-0.25, -0.2) is 0 Å². The summed E-state index contributed by atoms with van der Waals surface area (Å²) in [4.78, 5) is 4.97. The lowest BCUT2D eigenvalue weighted by atomic mass is 9.89. The summed E-state index contributed by atoms with van der Waals surface area (Å²) in [5.41, 5.74) is 1.39. The van der Waals surface area contributed by atoms with Gasteiger partial charge in [-0.15, -0.1) is 0 Å². The van der Waals surface area contributed by atoms with E-state index in [0.717, 1.165) is 24.0 Å². The van der Waals surface area contributed by atoms with Crippen molar-refractivity contribution in [3.63, 3.8) is 0 Å². The van der Waals surface area contributed by atoms with Gasteiger partial charge in [0.1, 0.15) is 0 Å². The predicted octanol–water partition coefficient (Wildman–Crippen LogP) is 5.29. The highest BCUT2D eigenvalue weighted by Gasteiger charge is 2.18. The molecule has 23 heavy (non-hydrogen) atoms. The number of halogens is 1. The minimum Gasteiger partial charge on any atom is -0.359 e. The van der Waals surface area contributed by atoms with Gasteiger partial charge in [0.25, 0.3) is 0 Å². The summed E-state index contributed by atoms with van der Waals surface area (Å²) in [6.07, 6.45) is 15.4. The van der Waals surface area contributed by atoms with Crippen LogP contribution in [0.3, 0.4) is 0 Å². The molecule has 1 aliphatic heterocycles. The fourth-order valence-corrected chi connectivity index (χ4v) is 3.90. The Labute approximate surface area is 146 Å². The van der Waals surface area contributed by atoms with Crippen molar-refractivity contribution in [2.45, 2.75) is 51.4 Å². The number of rotatable bonds is 7. The van der Waals surface area contributed by atoms with E-state index in [9.17, 15) is 0 Å². The molecule has 0 amide bonds. The maximum atomic E-state index is 5.92. The van der Waals surface area contributed by atoms with Gasteiger partial charge in [0.15, 0.2) is 0 Å². The largest absolute Gasteiger partial charge is 0.359 e. The maximum absolute atomic E-state index is 5.92. The Morgan fingerprint density at radius 2 is 1.65 bits per heavy atom. The summed E-state index contributed by atoms with van der Waals surface area (Å²) in [5, 5.41) is 0.828. The summed E-state index contributed by atoms with van der Waals surface area (Å²) >= 11 is 5.92. The summed E-state index contributed by atoms with van der Waals surface area (Å²) in [6.45, 7) is 3.53. The van der Waals surface area contributed by atoms with E-state index < -0.39 is 0 Å². The van der Waals surface area contributed by atoms with Crippen molar-refractivity contribution < 1.29 is 0 Å². The van der Waals surface area contributed by atoms with E-state index in [0.29, 0.717) is 0 Å². The summed E-state index contributed by atoms with van der Waals surface area (Å²) < 4.78 is 0. The van der Waals surface area contributed by atoms with Gasteiger partial charge in [-0.1, -0.05) is 43.0 Å². The lowest BCUT2D eigenvalue weighted by Crippen LogP contribution is -2.30. The second-order valence-electron chi connectivity index (χ2n) is 7.11. The standard InChI is InChI=1S/C20H29ClN2/c21-20-11-9-18(10-12-20)6-4-5-13-22-14-15-23(17-22)16-19-7-2-1-3-8-19/h9-12,14-15,19H,1-8,13,16-17H2. The van der Waals surface area contributed by atoms with Crippen LogP contribution < -0.4 is 0 Å². The van der Waals surface area contributed by atoms with Crippen LogP contribution in [-0.4, -0.2) is 29.6 Å². The number of nitrogens with zero attached hydrogens (tertiary/aromatic N) is 2. The van der Waals surface area contributed by atoms with Crippen molar-refractivity contribution in [1.82, 2.24) is 9.80 Å². The van der Waals surface area contributed by atoms with Crippen molar-refractivity contribution in [3.8, 4) is 0 Å². The van der Waals surface area contributed by atoms with Gasteiger partial charge < -0.3 is 9.80 Å². The van der Waals surface area contributed by atoms with Gasteiger partial charge >= 0.3 is 0 Å². The van der Waals surface area contributed by atoms with Gasteiger partial charge in [-0.05, 0) is 55.7 Å². The zero-order valence-corrected chi connectivity index (χ0v) is 14.8. The van der Waals surface area contributed by atoms with E-state index in [4.69, 9.17) is 11.6 Å². The molecule has 0 unspecified atom stereocenters. The zero-order chi connectivity index (χ0) is 15.9. The molecule has 2 nitrogen and oxygen atoms in total. The minimum atomic E-state index is 0.828. The molecule has 1 saturated carbocycles. The smallest absolute Gasteiger partial charge is 0.0893 e. The number of aryl methyl sites for hydroxylation is 1. The van der Waals surface area contributed by atoms with Crippen molar-refractivity contribution in [1.29, 1.82) is 0 Å². The monoisotopic (exact) mass is 332 g/mol. The van der Waals surface area contributed by atoms with Crippen molar-refractivity contribution in [2.75, 3.05) is 19.8 Å². The number of hydrogen-bond acceptors (Lipinski definition) is 2. The molecule has 2 aliphatic rings. The van der Waals surface area contributed by atoms with E-state index in [1.807, 2.05) is 12.1 Å². The van der Waals surface area contributed by atoms with Crippen LogP contribution in [0, 0.1) is 5.92 Å². The van der Waals surface area contributed by atoms with E-state index in [1.165, 1.54) is 63.6 Å². The fourth-order valence-electron chi connectivity index (χ4n) is 3.78. The van der Waals surface area contributed by atoms with Gasteiger partial charge in [0.2, 0.25) is 0 Å². The van der Waals surface area contributed by atoms with Crippen molar-refractivity contribution in [2.24, 2.45) is 5.92 Å². The van der Waals surface area contributed by atoms with Gasteiger partial charge in [-0.2, -0.15) is 0 Å². The van der Waals surface area contributed by atoms with E-state index in [2.05, 4.69) is 34.3 Å². The third kappa shape index (κ3) is 5.46. The molecule has 1 fully saturated rings. The van der Waals surface area contributed by atoms with Gasteiger partial charge in [0, 0.05) is 30.5 Å². The van der Waals surface area contributed by atoms with Crippen LogP contribution in [-0.2, 0) is 6.42 Å². The van der Waals surface area contributed by atoms with Crippen LogP contribution in [0.1, 0.15) is 50.5 Å². The van der Waals surface area contributed by atoms with E-state index >= 15 is 0 Å². The Morgan fingerprint density at radius 1 is 0.913 bits per heavy atom. The Morgan fingerprint density at radius 3 is 2.43 bits per heavy atom. The lowest BCUT2D eigenvalue weighted by molar-refractivity contribution is 0.210. The zero-order valence-electron chi connectivity index (χ0n) is 14.1. The highest BCUT2D eigenvalue weighted by atomic mass is 35.5. The molecule has 0 aromatic heterocycles. The first kappa shape index (κ1) is 16.7. The van der Waals surface area contributed by atoms with Crippen LogP contribution in [0.15, 0.2) is 36.7 Å². The molecule has 3 heteroatoms. The summed E-state index contributed by atoms with van der Waals surface area (Å²) in [7, 11) is 0. The molecule has 1 aromatic carbocycles. The molecule has 1 heterocycles. The molecular weight excluding hydrogens is 304 g/mol. The Bertz CT molecular complexity index is 491. The van der Waals surface area contributed by atoms with Crippen LogP contribution in [0.25, 0.3) is 0 Å². The molecule has 1 aliphatic carbocycles. The molecule has 0 N–H and O–H groups in total. The number of unbranched alkanes of at least 4 members (excludes halogenated alkanes) is 1. The SMILES string of the molecule is Clc1ccc(CCCCN2C=CN(CC3CCCCC3)C2)cc1. The first-order valence-corrected chi connectivity index (χ1v) is 9.58. The Hall–Kier alpha value is -1.15. The molecule has 0 atom stereocenters. The summed E-state index contributed by atoms with van der Waals surface area (Å²) in [5.74, 6) is 0.929. The van der Waals surface area contributed by atoms with E-state index in [1.54, 1.807) is 0 Å². The van der Waals surface area contributed by atoms with Crippen LogP contribution in [0.5, 0.6) is 0 Å². The topological polar surface area (TPSA) is 6.48 Å². The van der Waals surface area contributed by atoms with Crippen LogP contribution in [0.4, 0.5) is 0 Å². The van der Waals surface area contributed by atoms with Crippen LogP contribution in [0.2, 0.25) is 5.02 Å². The number of hydrogen-bond donors (Lipinski definition) is 0. The molecule has 0 radical (unpaired) electrons. The number of benzene rings is 1.